The number of anilines is 1. The lowest BCUT2D eigenvalue weighted by atomic mass is 10.2. The summed E-state index contributed by atoms with van der Waals surface area (Å²) in [6.45, 7) is -0.482. The molecule has 2 rings (SSSR count). The smallest absolute Gasteiger partial charge is 0.416 e. The van der Waals surface area contributed by atoms with Gasteiger partial charge in [0.2, 0.25) is 0 Å². The number of hydrogen-bond donors (Lipinski definition) is 3. The normalized spacial score (nSPS) is 12.8. The van der Waals surface area contributed by atoms with Crippen molar-refractivity contribution >= 4 is 21.6 Å². The Labute approximate surface area is 153 Å². The molecule has 4 nitrogen and oxygen atoms in total. The highest BCUT2D eigenvalue weighted by Crippen LogP contribution is 2.36. The lowest BCUT2D eigenvalue weighted by Crippen LogP contribution is -2.23. The first kappa shape index (κ1) is 20.4. The summed E-state index contributed by atoms with van der Waals surface area (Å²) in [6, 6.07) is 4.43. The number of alkyl halides is 3. The molecule has 0 saturated heterocycles. The second-order valence-electron chi connectivity index (χ2n) is 5.23. The van der Waals surface area contributed by atoms with Crippen LogP contribution in [0.25, 0.3) is 0 Å². The Morgan fingerprint density at radius 2 is 1.73 bits per heavy atom. The molecule has 0 aliphatic carbocycles. The summed E-state index contributed by atoms with van der Waals surface area (Å²) in [5, 5.41) is 20.9. The zero-order valence-electron chi connectivity index (χ0n) is 12.9. The van der Waals surface area contributed by atoms with Gasteiger partial charge in [-0.3, -0.25) is 0 Å². The summed E-state index contributed by atoms with van der Waals surface area (Å²) in [4.78, 5) is 0. The Kier molecular flexibility index (Phi) is 6.43. The molecule has 1 unspecified atom stereocenters. The molecular formula is C16H13BrF5NO3. The van der Waals surface area contributed by atoms with Crippen LogP contribution in [0.5, 0.6) is 11.5 Å². The number of nitrogens with one attached hydrogen (secondary N) is 1. The summed E-state index contributed by atoms with van der Waals surface area (Å²) in [7, 11) is 0. The first-order chi connectivity index (χ1) is 12.1. The summed E-state index contributed by atoms with van der Waals surface area (Å²) >= 11 is 3.21. The third-order valence-electron chi connectivity index (χ3n) is 3.22. The molecule has 0 amide bonds. The van der Waals surface area contributed by atoms with E-state index in [1.807, 2.05) is 0 Å². The number of rotatable bonds is 6. The maximum atomic E-state index is 13.9. The van der Waals surface area contributed by atoms with Crippen LogP contribution in [0.15, 0.2) is 34.8 Å². The Morgan fingerprint density at radius 3 is 2.27 bits per heavy atom. The van der Waals surface area contributed by atoms with Crippen LogP contribution in [0.3, 0.4) is 0 Å². The third-order valence-corrected chi connectivity index (χ3v) is 3.91. The van der Waals surface area contributed by atoms with E-state index in [4.69, 9.17) is 9.84 Å². The maximum absolute atomic E-state index is 13.9. The van der Waals surface area contributed by atoms with Gasteiger partial charge in [-0.05, 0) is 40.2 Å². The Bertz CT molecular complexity index is 762. The van der Waals surface area contributed by atoms with E-state index in [1.165, 1.54) is 18.2 Å². The fourth-order valence-corrected chi connectivity index (χ4v) is 2.32. The predicted molar refractivity (Wildman–Crippen MR) is 87.2 cm³/mol. The van der Waals surface area contributed by atoms with E-state index in [0.717, 1.165) is 0 Å². The lowest BCUT2D eigenvalue weighted by Gasteiger charge is -2.15. The highest BCUT2D eigenvalue weighted by Gasteiger charge is 2.33. The number of ether oxygens (including phenoxy) is 1. The van der Waals surface area contributed by atoms with Gasteiger partial charge in [0.05, 0.1) is 24.0 Å². The Morgan fingerprint density at radius 1 is 1.12 bits per heavy atom. The molecule has 0 aliphatic rings. The van der Waals surface area contributed by atoms with Crippen molar-refractivity contribution in [3.8, 4) is 11.5 Å². The van der Waals surface area contributed by atoms with Crippen LogP contribution in [0.4, 0.5) is 27.6 Å². The fourth-order valence-electron chi connectivity index (χ4n) is 1.93. The molecule has 0 spiro atoms. The third kappa shape index (κ3) is 5.05. The van der Waals surface area contributed by atoms with Gasteiger partial charge in [0.15, 0.2) is 17.4 Å². The van der Waals surface area contributed by atoms with Gasteiger partial charge >= 0.3 is 6.18 Å². The maximum Gasteiger partial charge on any atom is 0.416 e. The molecule has 2 aromatic rings. The molecule has 0 aliphatic heterocycles. The summed E-state index contributed by atoms with van der Waals surface area (Å²) in [5.41, 5.74) is -1.08. The summed E-state index contributed by atoms with van der Waals surface area (Å²) < 4.78 is 71.0. The van der Waals surface area contributed by atoms with Crippen molar-refractivity contribution < 1.29 is 36.9 Å². The van der Waals surface area contributed by atoms with Gasteiger partial charge in [-0.25, -0.2) is 8.78 Å². The first-order valence-electron chi connectivity index (χ1n) is 7.18. The molecule has 0 aromatic heterocycles. The van der Waals surface area contributed by atoms with Gasteiger partial charge in [-0.2, -0.15) is 13.2 Å². The fraction of sp³-hybridized carbons (Fsp3) is 0.250. The Balaban J connectivity index is 2.26. The van der Waals surface area contributed by atoms with Gasteiger partial charge < -0.3 is 20.3 Å². The van der Waals surface area contributed by atoms with Crippen molar-refractivity contribution in [2.24, 2.45) is 0 Å². The zero-order chi connectivity index (χ0) is 19.5. The lowest BCUT2D eigenvalue weighted by molar-refractivity contribution is -0.138. The van der Waals surface area contributed by atoms with Crippen molar-refractivity contribution in [1.82, 2.24) is 0 Å². The van der Waals surface area contributed by atoms with Crippen LogP contribution >= 0.6 is 15.9 Å². The van der Waals surface area contributed by atoms with Gasteiger partial charge in [-0.1, -0.05) is 0 Å². The highest BCUT2D eigenvalue weighted by molar-refractivity contribution is 9.10. The minimum Gasteiger partial charge on any atom is -0.451 e. The average Bonchev–Trinajstić information content (AvgIpc) is 2.56. The molecule has 3 N–H and O–H groups in total. The van der Waals surface area contributed by atoms with Crippen LogP contribution < -0.4 is 10.1 Å². The number of aliphatic hydroxyl groups excluding tert-OH is 2. The molecule has 0 saturated carbocycles. The van der Waals surface area contributed by atoms with Crippen LogP contribution in [0.1, 0.15) is 5.56 Å². The van der Waals surface area contributed by atoms with Crippen LogP contribution in [-0.2, 0) is 6.18 Å². The highest BCUT2D eigenvalue weighted by atomic mass is 79.9. The molecule has 0 heterocycles. The van der Waals surface area contributed by atoms with Gasteiger partial charge in [0.25, 0.3) is 0 Å². The van der Waals surface area contributed by atoms with Crippen molar-refractivity contribution in [3.63, 3.8) is 0 Å². The monoisotopic (exact) mass is 441 g/mol. The topological polar surface area (TPSA) is 61.7 Å². The minimum absolute atomic E-state index is 0.0123. The first-order valence-corrected chi connectivity index (χ1v) is 7.97. The number of hydrogen-bond acceptors (Lipinski definition) is 4. The molecule has 26 heavy (non-hydrogen) atoms. The van der Waals surface area contributed by atoms with E-state index in [0.29, 0.717) is 10.2 Å². The zero-order valence-corrected chi connectivity index (χ0v) is 14.5. The van der Waals surface area contributed by atoms with Gasteiger partial charge in [0.1, 0.15) is 5.75 Å². The second-order valence-corrected chi connectivity index (χ2v) is 6.08. The van der Waals surface area contributed by atoms with Gasteiger partial charge in [-0.15, -0.1) is 0 Å². The quantitative estimate of drug-likeness (QED) is 0.584. The van der Waals surface area contributed by atoms with Crippen LogP contribution in [-0.4, -0.2) is 29.5 Å². The van der Waals surface area contributed by atoms with E-state index in [9.17, 15) is 27.1 Å². The average molecular weight is 442 g/mol. The van der Waals surface area contributed by atoms with E-state index >= 15 is 0 Å². The van der Waals surface area contributed by atoms with E-state index < -0.39 is 41.8 Å². The standard InChI is InChI=1S/C16H13BrF5NO3/c17-11-2-1-10(5-14(11)23-6-9(25)7-24)26-15-12(18)3-8(4-13(15)19)16(20,21)22/h1-5,9,23-25H,6-7H2. The molecule has 10 heteroatoms. The van der Waals surface area contributed by atoms with Crippen LogP contribution in [0.2, 0.25) is 0 Å². The second kappa shape index (κ2) is 8.19. The van der Waals surface area contributed by atoms with Crippen molar-refractivity contribution in [1.29, 1.82) is 0 Å². The SMILES string of the molecule is OCC(O)CNc1cc(Oc2c(F)cc(C(F)(F)F)cc2F)ccc1Br. The summed E-state index contributed by atoms with van der Waals surface area (Å²) in [6.07, 6.45) is -5.92. The van der Waals surface area contributed by atoms with Crippen molar-refractivity contribution in [2.75, 3.05) is 18.5 Å². The Hall–Kier alpha value is -1.91. The largest absolute Gasteiger partial charge is 0.451 e. The van der Waals surface area contributed by atoms with E-state index in [2.05, 4.69) is 21.2 Å². The van der Waals surface area contributed by atoms with Crippen molar-refractivity contribution in [3.05, 3.63) is 52.0 Å². The summed E-state index contributed by atoms with van der Waals surface area (Å²) in [5.74, 6) is -4.01. The molecule has 2 aromatic carbocycles. The molecule has 1 atom stereocenters. The van der Waals surface area contributed by atoms with Crippen LogP contribution in [0, 0.1) is 11.6 Å². The minimum atomic E-state index is -4.89. The molecular weight excluding hydrogens is 429 g/mol. The van der Waals surface area contributed by atoms with Gasteiger partial charge in [0, 0.05) is 17.1 Å². The molecule has 0 bridgehead atoms. The predicted octanol–water partition coefficient (Wildman–Crippen LogP) is 4.30. The van der Waals surface area contributed by atoms with E-state index in [-0.39, 0.29) is 24.4 Å². The number of halogens is 6. The number of benzene rings is 2. The molecule has 0 radical (unpaired) electrons. The number of aliphatic hydroxyl groups is 2. The van der Waals surface area contributed by atoms with E-state index in [1.54, 1.807) is 0 Å². The van der Waals surface area contributed by atoms with Crippen molar-refractivity contribution in [2.45, 2.75) is 12.3 Å². The molecule has 0 fully saturated rings. The molecule has 142 valence electrons.